The van der Waals surface area contributed by atoms with E-state index >= 15 is 0 Å². The monoisotopic (exact) mass is 190 g/mol. The fraction of sp³-hybridized carbons (Fsp3) is 0. The summed E-state index contributed by atoms with van der Waals surface area (Å²) < 4.78 is 0. The number of hydrogen-bond acceptors (Lipinski definition) is 6. The van der Waals surface area contributed by atoms with Crippen LogP contribution in [0, 0.1) is 0 Å². The van der Waals surface area contributed by atoms with Crippen LogP contribution in [0.4, 0.5) is 11.6 Å². The Bertz CT molecular complexity index is 420. The molecule has 0 saturated heterocycles. The standard InChI is InChI=1S/C7H6N6O/c14-6-3-1-5(2-4-6)8-9-7-10-12-13-11-7/h1-4,14H,(H,10,11,12,13). The van der Waals surface area contributed by atoms with Crippen LogP contribution in [-0.2, 0) is 0 Å². The molecular formula is C7H6N6O. The summed E-state index contributed by atoms with van der Waals surface area (Å²) >= 11 is 0. The third-order valence-corrected chi connectivity index (χ3v) is 1.44. The van der Waals surface area contributed by atoms with Crippen molar-refractivity contribution >= 4 is 11.6 Å². The number of aromatic nitrogens is 4. The topological polar surface area (TPSA) is 99.4 Å². The highest BCUT2D eigenvalue weighted by Crippen LogP contribution is 2.17. The van der Waals surface area contributed by atoms with Crippen LogP contribution < -0.4 is 0 Å². The van der Waals surface area contributed by atoms with E-state index in [0.29, 0.717) is 5.69 Å². The van der Waals surface area contributed by atoms with Crippen molar-refractivity contribution in [3.8, 4) is 5.75 Å². The second-order valence-corrected chi connectivity index (χ2v) is 2.43. The van der Waals surface area contributed by atoms with Crippen molar-refractivity contribution in [2.24, 2.45) is 10.2 Å². The van der Waals surface area contributed by atoms with Gasteiger partial charge in [0.05, 0.1) is 5.69 Å². The van der Waals surface area contributed by atoms with Crippen LogP contribution in [0.1, 0.15) is 0 Å². The van der Waals surface area contributed by atoms with E-state index in [1.54, 1.807) is 12.1 Å². The number of nitrogens with zero attached hydrogens (tertiary/aromatic N) is 5. The zero-order chi connectivity index (χ0) is 9.80. The number of H-pyrrole nitrogens is 1. The van der Waals surface area contributed by atoms with Crippen LogP contribution in [0.3, 0.4) is 0 Å². The Morgan fingerprint density at radius 1 is 1.14 bits per heavy atom. The molecule has 1 aromatic carbocycles. The fourth-order valence-corrected chi connectivity index (χ4v) is 0.821. The van der Waals surface area contributed by atoms with Gasteiger partial charge in [-0.3, -0.25) is 0 Å². The Hall–Kier alpha value is -2.31. The first-order valence-corrected chi connectivity index (χ1v) is 3.79. The van der Waals surface area contributed by atoms with Crippen LogP contribution in [0.2, 0.25) is 0 Å². The molecular weight excluding hydrogens is 184 g/mol. The number of tetrazole rings is 1. The molecule has 0 radical (unpaired) electrons. The molecule has 2 aromatic rings. The molecule has 0 spiro atoms. The lowest BCUT2D eigenvalue weighted by molar-refractivity contribution is 0.475. The summed E-state index contributed by atoms with van der Waals surface area (Å²) in [6.45, 7) is 0. The van der Waals surface area contributed by atoms with Crippen molar-refractivity contribution in [1.29, 1.82) is 0 Å². The van der Waals surface area contributed by atoms with Gasteiger partial charge in [-0.25, -0.2) is 0 Å². The van der Waals surface area contributed by atoms with Gasteiger partial charge in [0.25, 0.3) is 0 Å². The lowest BCUT2D eigenvalue weighted by atomic mass is 10.3. The molecule has 14 heavy (non-hydrogen) atoms. The molecule has 0 unspecified atom stereocenters. The highest BCUT2D eigenvalue weighted by molar-refractivity contribution is 5.40. The lowest BCUT2D eigenvalue weighted by Crippen LogP contribution is -1.66. The number of aromatic hydroxyl groups is 1. The van der Waals surface area contributed by atoms with Crippen molar-refractivity contribution in [2.75, 3.05) is 0 Å². The summed E-state index contributed by atoms with van der Waals surface area (Å²) in [6, 6.07) is 6.28. The minimum Gasteiger partial charge on any atom is -0.508 e. The Balaban J connectivity index is 2.15. The van der Waals surface area contributed by atoms with E-state index in [2.05, 4.69) is 30.9 Å². The maximum atomic E-state index is 9.00. The Kier molecular flexibility index (Phi) is 2.14. The van der Waals surface area contributed by atoms with Crippen LogP contribution in [0.5, 0.6) is 5.75 Å². The number of phenols is 1. The molecule has 0 amide bonds. The minimum atomic E-state index is 0.165. The molecule has 2 rings (SSSR count). The minimum absolute atomic E-state index is 0.165. The third-order valence-electron chi connectivity index (χ3n) is 1.44. The molecule has 0 saturated carbocycles. The van der Waals surface area contributed by atoms with Crippen LogP contribution in [0.25, 0.3) is 0 Å². The van der Waals surface area contributed by atoms with Gasteiger partial charge in [-0.15, -0.1) is 15.3 Å². The maximum absolute atomic E-state index is 9.00. The summed E-state index contributed by atoms with van der Waals surface area (Å²) in [7, 11) is 0. The van der Waals surface area contributed by atoms with Gasteiger partial charge in [0, 0.05) is 0 Å². The van der Waals surface area contributed by atoms with Crippen LogP contribution in [-0.4, -0.2) is 25.7 Å². The highest BCUT2D eigenvalue weighted by Gasteiger charge is 1.93. The highest BCUT2D eigenvalue weighted by atomic mass is 16.3. The molecule has 7 nitrogen and oxygen atoms in total. The maximum Gasteiger partial charge on any atom is 0.307 e. The molecule has 0 atom stereocenters. The number of nitrogens with one attached hydrogen (secondary N) is 1. The molecule has 7 heteroatoms. The van der Waals surface area contributed by atoms with E-state index in [1.807, 2.05) is 0 Å². The number of benzene rings is 1. The zero-order valence-electron chi connectivity index (χ0n) is 6.99. The Morgan fingerprint density at radius 2 is 1.93 bits per heavy atom. The number of rotatable bonds is 2. The molecule has 70 valence electrons. The van der Waals surface area contributed by atoms with E-state index in [-0.39, 0.29) is 11.7 Å². The summed E-state index contributed by atoms with van der Waals surface area (Å²) in [6.07, 6.45) is 0. The van der Waals surface area contributed by atoms with Gasteiger partial charge in [0.2, 0.25) is 0 Å². The molecule has 2 N–H and O–H groups in total. The van der Waals surface area contributed by atoms with E-state index in [9.17, 15) is 0 Å². The first-order chi connectivity index (χ1) is 6.84. The van der Waals surface area contributed by atoms with Crippen molar-refractivity contribution in [2.45, 2.75) is 0 Å². The normalized spacial score (nSPS) is 10.9. The van der Waals surface area contributed by atoms with Gasteiger partial charge >= 0.3 is 5.95 Å². The molecule has 0 fully saturated rings. The second kappa shape index (κ2) is 3.60. The fourth-order valence-electron chi connectivity index (χ4n) is 0.821. The van der Waals surface area contributed by atoms with Gasteiger partial charge < -0.3 is 5.11 Å². The van der Waals surface area contributed by atoms with Gasteiger partial charge in [0.15, 0.2) is 0 Å². The average molecular weight is 190 g/mol. The van der Waals surface area contributed by atoms with E-state index in [4.69, 9.17) is 5.11 Å². The van der Waals surface area contributed by atoms with E-state index < -0.39 is 0 Å². The van der Waals surface area contributed by atoms with Gasteiger partial charge in [-0.05, 0) is 29.5 Å². The van der Waals surface area contributed by atoms with Gasteiger partial charge in [0.1, 0.15) is 5.75 Å². The lowest BCUT2D eigenvalue weighted by Gasteiger charge is -1.90. The van der Waals surface area contributed by atoms with E-state index in [1.165, 1.54) is 12.1 Å². The summed E-state index contributed by atoms with van der Waals surface area (Å²) in [4.78, 5) is 0. The SMILES string of the molecule is Oc1ccc(N=Nc2nn[nH]n2)cc1. The number of phenolic OH excluding ortho intramolecular Hbond substituents is 1. The predicted molar refractivity (Wildman–Crippen MR) is 46.5 cm³/mol. The third kappa shape index (κ3) is 1.89. The molecule has 0 bridgehead atoms. The van der Waals surface area contributed by atoms with Gasteiger partial charge in [-0.1, -0.05) is 5.10 Å². The molecule has 0 aliphatic heterocycles. The predicted octanol–water partition coefficient (Wildman–Crippen LogP) is 1.32. The summed E-state index contributed by atoms with van der Waals surface area (Å²) in [5.41, 5.74) is 0.604. The Morgan fingerprint density at radius 3 is 2.57 bits per heavy atom. The molecule has 1 heterocycles. The second-order valence-electron chi connectivity index (χ2n) is 2.43. The molecule has 0 aliphatic rings. The van der Waals surface area contributed by atoms with Crippen molar-refractivity contribution in [3.05, 3.63) is 24.3 Å². The zero-order valence-corrected chi connectivity index (χ0v) is 6.99. The van der Waals surface area contributed by atoms with E-state index in [0.717, 1.165) is 0 Å². The average Bonchev–Trinajstić information content (AvgIpc) is 2.70. The van der Waals surface area contributed by atoms with Crippen molar-refractivity contribution in [1.82, 2.24) is 20.6 Å². The molecule has 1 aromatic heterocycles. The Labute approximate surface area is 78.5 Å². The van der Waals surface area contributed by atoms with Crippen LogP contribution >= 0.6 is 0 Å². The smallest absolute Gasteiger partial charge is 0.307 e. The quantitative estimate of drug-likeness (QED) is 0.697. The van der Waals surface area contributed by atoms with Crippen molar-refractivity contribution in [3.63, 3.8) is 0 Å². The first kappa shape index (κ1) is 8.30. The summed E-state index contributed by atoms with van der Waals surface area (Å²) in [5.74, 6) is 0.349. The first-order valence-electron chi connectivity index (χ1n) is 3.79. The summed E-state index contributed by atoms with van der Waals surface area (Å²) in [5, 5.41) is 29.3. The number of hydrogen-bond donors (Lipinski definition) is 2. The number of aromatic amines is 1. The largest absolute Gasteiger partial charge is 0.508 e. The van der Waals surface area contributed by atoms with Crippen molar-refractivity contribution < 1.29 is 5.11 Å². The van der Waals surface area contributed by atoms with Gasteiger partial charge in [-0.2, -0.15) is 5.21 Å². The number of azo groups is 1. The van der Waals surface area contributed by atoms with Crippen LogP contribution in [0.15, 0.2) is 34.5 Å². The molecule has 0 aliphatic carbocycles.